The Morgan fingerprint density at radius 3 is 2.42 bits per heavy atom. The molecule has 2 rings (SSSR count). The van der Waals surface area contributed by atoms with Gasteiger partial charge in [-0.05, 0) is 12.8 Å². The number of nitrogens with zero attached hydrogens (tertiary/aromatic N) is 2. The zero-order valence-electron chi connectivity index (χ0n) is 10.7. The summed E-state index contributed by atoms with van der Waals surface area (Å²) in [6.45, 7) is 1.41. The number of oxime groups is 1. The maximum absolute atomic E-state index is 12.3. The lowest BCUT2D eigenvalue weighted by Gasteiger charge is -2.33. The van der Waals surface area contributed by atoms with E-state index in [0.717, 1.165) is 12.8 Å². The zero-order chi connectivity index (χ0) is 13.9. The SMILES string of the molecule is N/C(=N/O)C1(NS(=O)(=O)N2CCOCC2)CCCC1. The molecule has 9 heteroatoms. The smallest absolute Gasteiger partial charge is 0.280 e. The third-order valence-corrected chi connectivity index (χ3v) is 5.38. The topological polar surface area (TPSA) is 117 Å². The van der Waals surface area contributed by atoms with Gasteiger partial charge in [0.25, 0.3) is 10.2 Å². The van der Waals surface area contributed by atoms with Crippen LogP contribution in [0.1, 0.15) is 25.7 Å². The van der Waals surface area contributed by atoms with Gasteiger partial charge >= 0.3 is 0 Å². The molecule has 0 unspecified atom stereocenters. The first kappa shape index (κ1) is 14.5. The summed E-state index contributed by atoms with van der Waals surface area (Å²) in [4.78, 5) is 0. The van der Waals surface area contributed by atoms with Gasteiger partial charge in [-0.15, -0.1) is 0 Å². The Hall–Kier alpha value is -0.900. The summed E-state index contributed by atoms with van der Waals surface area (Å²) in [5, 5.41) is 11.9. The number of nitrogens with one attached hydrogen (secondary N) is 1. The summed E-state index contributed by atoms with van der Waals surface area (Å²) in [6.07, 6.45) is 2.79. The quantitative estimate of drug-likeness (QED) is 0.272. The summed E-state index contributed by atoms with van der Waals surface area (Å²) in [5.74, 6) is -0.0677. The largest absolute Gasteiger partial charge is 0.409 e. The third-order valence-electron chi connectivity index (χ3n) is 3.69. The molecule has 2 fully saturated rings. The van der Waals surface area contributed by atoms with Crippen molar-refractivity contribution < 1.29 is 18.4 Å². The van der Waals surface area contributed by atoms with Crippen molar-refractivity contribution in [2.75, 3.05) is 26.3 Å². The first-order chi connectivity index (χ1) is 9.00. The van der Waals surface area contributed by atoms with Crippen molar-refractivity contribution in [3.8, 4) is 0 Å². The van der Waals surface area contributed by atoms with Gasteiger partial charge in [0, 0.05) is 13.1 Å². The van der Waals surface area contributed by atoms with E-state index in [9.17, 15) is 8.42 Å². The molecule has 0 aromatic carbocycles. The van der Waals surface area contributed by atoms with Gasteiger partial charge < -0.3 is 15.7 Å². The number of rotatable bonds is 4. The molecule has 0 bridgehead atoms. The number of ether oxygens (including phenoxy) is 1. The average molecular weight is 292 g/mol. The first-order valence-corrected chi connectivity index (χ1v) is 7.79. The van der Waals surface area contributed by atoms with Gasteiger partial charge in [0.1, 0.15) is 0 Å². The van der Waals surface area contributed by atoms with Gasteiger partial charge in [-0.3, -0.25) is 0 Å². The maximum atomic E-state index is 12.3. The molecule has 2 aliphatic rings. The highest BCUT2D eigenvalue weighted by Gasteiger charge is 2.43. The summed E-state index contributed by atoms with van der Waals surface area (Å²) in [7, 11) is -3.65. The lowest BCUT2D eigenvalue weighted by molar-refractivity contribution is 0.0721. The van der Waals surface area contributed by atoms with Gasteiger partial charge in [-0.1, -0.05) is 18.0 Å². The highest BCUT2D eigenvalue weighted by atomic mass is 32.2. The number of hydrogen-bond donors (Lipinski definition) is 3. The molecule has 0 spiro atoms. The normalized spacial score (nSPS) is 25.6. The molecule has 1 saturated carbocycles. The molecule has 0 aromatic heterocycles. The lowest BCUT2D eigenvalue weighted by Crippen LogP contribution is -2.60. The number of hydrogen-bond acceptors (Lipinski definition) is 5. The van der Waals surface area contributed by atoms with Crippen LogP contribution in [0, 0.1) is 0 Å². The van der Waals surface area contributed by atoms with Crippen molar-refractivity contribution in [3.05, 3.63) is 0 Å². The fourth-order valence-electron chi connectivity index (χ4n) is 2.58. The van der Waals surface area contributed by atoms with Crippen molar-refractivity contribution in [1.29, 1.82) is 0 Å². The van der Waals surface area contributed by atoms with Gasteiger partial charge in [0.15, 0.2) is 5.84 Å². The van der Waals surface area contributed by atoms with Gasteiger partial charge in [-0.2, -0.15) is 17.4 Å². The van der Waals surface area contributed by atoms with Gasteiger partial charge in [-0.25, -0.2) is 0 Å². The number of amidine groups is 1. The predicted octanol–water partition coefficient (Wildman–Crippen LogP) is -0.788. The van der Waals surface area contributed by atoms with E-state index in [1.807, 2.05) is 0 Å². The van der Waals surface area contributed by atoms with Crippen LogP contribution in [0.25, 0.3) is 0 Å². The Morgan fingerprint density at radius 2 is 1.89 bits per heavy atom. The van der Waals surface area contributed by atoms with Crippen LogP contribution in [0.15, 0.2) is 5.16 Å². The van der Waals surface area contributed by atoms with Crippen molar-refractivity contribution in [3.63, 3.8) is 0 Å². The highest BCUT2D eigenvalue weighted by molar-refractivity contribution is 7.87. The molecule has 0 amide bonds. The standard InChI is InChI=1S/C10H20N4O4S/c11-9(12-15)10(3-1-2-4-10)13-19(16,17)14-5-7-18-8-6-14/h13,15H,1-8H2,(H2,11,12). The minimum absolute atomic E-state index is 0.0677. The molecule has 4 N–H and O–H groups in total. The van der Waals surface area contributed by atoms with Crippen LogP contribution in [0.3, 0.4) is 0 Å². The molecular formula is C10H20N4O4S. The van der Waals surface area contributed by atoms with E-state index in [1.54, 1.807) is 0 Å². The Labute approximate surface area is 112 Å². The van der Waals surface area contributed by atoms with Crippen LogP contribution in [-0.2, 0) is 14.9 Å². The molecule has 1 aliphatic heterocycles. The first-order valence-electron chi connectivity index (χ1n) is 6.35. The molecule has 8 nitrogen and oxygen atoms in total. The van der Waals surface area contributed by atoms with E-state index in [-0.39, 0.29) is 5.84 Å². The molecule has 1 aliphatic carbocycles. The zero-order valence-corrected chi connectivity index (χ0v) is 11.5. The lowest BCUT2D eigenvalue weighted by atomic mass is 9.98. The van der Waals surface area contributed by atoms with E-state index in [2.05, 4.69) is 9.88 Å². The van der Waals surface area contributed by atoms with Crippen molar-refractivity contribution in [2.45, 2.75) is 31.2 Å². The van der Waals surface area contributed by atoms with E-state index >= 15 is 0 Å². The van der Waals surface area contributed by atoms with E-state index < -0.39 is 15.7 Å². The van der Waals surface area contributed by atoms with Crippen LogP contribution in [0.2, 0.25) is 0 Å². The second-order valence-corrected chi connectivity index (χ2v) is 6.56. The highest BCUT2D eigenvalue weighted by Crippen LogP contribution is 2.31. The van der Waals surface area contributed by atoms with E-state index in [4.69, 9.17) is 15.7 Å². The van der Waals surface area contributed by atoms with Crippen LogP contribution < -0.4 is 10.5 Å². The average Bonchev–Trinajstić information content (AvgIpc) is 2.88. The molecule has 0 aromatic rings. The van der Waals surface area contributed by atoms with Gasteiger partial charge in [0.05, 0.1) is 18.8 Å². The molecule has 0 radical (unpaired) electrons. The fourth-order valence-corrected chi connectivity index (χ4v) is 4.14. The van der Waals surface area contributed by atoms with Crippen LogP contribution in [0.4, 0.5) is 0 Å². The van der Waals surface area contributed by atoms with E-state index in [1.165, 1.54) is 4.31 Å². The third kappa shape index (κ3) is 2.99. The monoisotopic (exact) mass is 292 g/mol. The second kappa shape index (κ2) is 5.61. The Morgan fingerprint density at radius 1 is 1.32 bits per heavy atom. The van der Waals surface area contributed by atoms with Crippen LogP contribution >= 0.6 is 0 Å². The summed E-state index contributed by atoms with van der Waals surface area (Å²) >= 11 is 0. The molecule has 19 heavy (non-hydrogen) atoms. The Bertz CT molecular complexity index is 438. The molecule has 110 valence electrons. The minimum atomic E-state index is -3.65. The van der Waals surface area contributed by atoms with E-state index in [0.29, 0.717) is 39.1 Å². The Balaban J connectivity index is 2.16. The predicted molar refractivity (Wildman–Crippen MR) is 69.1 cm³/mol. The summed E-state index contributed by atoms with van der Waals surface area (Å²) in [6, 6.07) is 0. The second-order valence-electron chi connectivity index (χ2n) is 4.89. The maximum Gasteiger partial charge on any atom is 0.280 e. The summed E-state index contributed by atoms with van der Waals surface area (Å²) < 4.78 is 33.8. The van der Waals surface area contributed by atoms with Crippen molar-refractivity contribution in [2.24, 2.45) is 10.9 Å². The minimum Gasteiger partial charge on any atom is -0.409 e. The fraction of sp³-hybridized carbons (Fsp3) is 0.900. The van der Waals surface area contributed by atoms with Gasteiger partial charge in [0.2, 0.25) is 0 Å². The van der Waals surface area contributed by atoms with Crippen LogP contribution in [-0.4, -0.2) is 55.6 Å². The molecule has 0 atom stereocenters. The van der Waals surface area contributed by atoms with Crippen LogP contribution in [0.5, 0.6) is 0 Å². The Kier molecular flexibility index (Phi) is 4.29. The van der Waals surface area contributed by atoms with Crippen molar-refractivity contribution in [1.82, 2.24) is 9.03 Å². The number of morpholine rings is 1. The van der Waals surface area contributed by atoms with Crippen molar-refractivity contribution >= 4 is 16.0 Å². The molecule has 1 heterocycles. The number of nitrogens with two attached hydrogens (primary N) is 1. The molecular weight excluding hydrogens is 272 g/mol. The summed E-state index contributed by atoms with van der Waals surface area (Å²) in [5.41, 5.74) is 4.73. The molecule has 1 saturated heterocycles.